The molecule has 4 aliphatic rings. The van der Waals surface area contributed by atoms with Crippen molar-refractivity contribution in [1.29, 1.82) is 0 Å². The van der Waals surface area contributed by atoms with E-state index in [1.54, 1.807) is 18.2 Å². The Labute approximate surface area is 559 Å². The minimum Gasteiger partial charge on any atom is -0.477 e. The first kappa shape index (κ1) is 67.1. The number of carbonyl (C=O) groups is 7. The van der Waals surface area contributed by atoms with Crippen LogP contribution in [0.4, 0.5) is 4.79 Å². The molecular formula is C69H63N7O11S6. The maximum Gasteiger partial charge on any atom is 0.407 e. The second-order valence-corrected chi connectivity index (χ2v) is 30.1. The standard InChI is InChI=1S/C33H29NO5S2.2C18H17N3O3S2/c1-18-26(22-12-7-13-23(22)27-15-31(32(36)37)41-19(27)2)14-30(40-18)29(35)16-34-33(38)39-17-28-24-10-5-3-8-20(24)21-9-4-6-11-25(21)28;2*1-9-13(6-16(25-9)15(22)8-20-21-19)11-4-3-5-12(11)14-7-17(18(23)24)26-10(14)2/h3-6,8-11,14-15,28H,7,12-13,16-17H2,1-2H3,(H,34,38)(H,36,37);2*6-7H,3-5,8H2,1-2H3,(H,23,24). The highest BCUT2D eigenvalue weighted by molar-refractivity contribution is 7.16. The Hall–Kier alpha value is -8.83. The average Bonchev–Trinajstić information content (AvgIpc) is 1.79. The van der Waals surface area contributed by atoms with E-state index in [2.05, 4.69) is 49.6 Å². The molecule has 0 unspecified atom stereocenters. The fourth-order valence-electron chi connectivity index (χ4n) is 12.7. The average molecular weight is 1360 g/mol. The van der Waals surface area contributed by atoms with Crippen LogP contribution in [-0.4, -0.2) is 82.9 Å². The predicted molar refractivity (Wildman–Crippen MR) is 371 cm³/mol. The molecule has 12 rings (SSSR count). The van der Waals surface area contributed by atoms with Gasteiger partial charge >= 0.3 is 24.0 Å². The van der Waals surface area contributed by atoms with Crippen molar-refractivity contribution in [3.05, 3.63) is 209 Å². The number of nitrogens with one attached hydrogen (secondary N) is 1. The van der Waals surface area contributed by atoms with Gasteiger partial charge in [0.25, 0.3) is 0 Å². The van der Waals surface area contributed by atoms with Gasteiger partial charge in [-0.25, -0.2) is 19.2 Å². The van der Waals surface area contributed by atoms with Crippen LogP contribution in [0.1, 0.15) is 196 Å². The van der Waals surface area contributed by atoms with Crippen molar-refractivity contribution in [2.75, 3.05) is 26.2 Å². The van der Waals surface area contributed by atoms with Gasteiger partial charge in [-0.2, -0.15) is 0 Å². The number of nitrogens with zero attached hydrogens (tertiary/aromatic N) is 6. The van der Waals surface area contributed by atoms with E-state index < -0.39 is 24.0 Å². The summed E-state index contributed by atoms with van der Waals surface area (Å²) in [7, 11) is 0. The molecule has 0 atom stereocenters. The number of carboxylic acid groups (broad SMARTS) is 3. The number of alkyl carbamates (subject to hydrolysis) is 1. The van der Waals surface area contributed by atoms with E-state index in [0.717, 1.165) is 143 Å². The summed E-state index contributed by atoms with van der Waals surface area (Å²) < 4.78 is 5.58. The molecule has 476 valence electrons. The van der Waals surface area contributed by atoms with E-state index in [1.807, 2.05) is 84.0 Å². The number of hydrogen-bond acceptors (Lipinski definition) is 16. The molecule has 0 fully saturated rings. The summed E-state index contributed by atoms with van der Waals surface area (Å²) in [6, 6.07) is 27.3. The zero-order chi connectivity index (χ0) is 66.4. The monoisotopic (exact) mass is 1360 g/mol. The number of amides is 1. The number of hydrogen-bond donors (Lipinski definition) is 4. The van der Waals surface area contributed by atoms with Crippen molar-refractivity contribution in [1.82, 2.24) is 5.32 Å². The summed E-state index contributed by atoms with van der Waals surface area (Å²) in [4.78, 5) is 98.2. The van der Waals surface area contributed by atoms with Gasteiger partial charge in [-0.15, -0.1) is 68.0 Å². The van der Waals surface area contributed by atoms with Crippen molar-refractivity contribution in [3.8, 4) is 11.1 Å². The summed E-state index contributed by atoms with van der Waals surface area (Å²) >= 11 is 8.14. The predicted octanol–water partition coefficient (Wildman–Crippen LogP) is 19.4. The Balaban J connectivity index is 0.000000160. The molecule has 0 saturated carbocycles. The molecule has 6 heterocycles. The van der Waals surface area contributed by atoms with Gasteiger partial charge in [0.2, 0.25) is 0 Å². The number of azide groups is 2. The number of aromatic carboxylic acids is 3. The van der Waals surface area contributed by atoms with Gasteiger partial charge in [0.05, 0.1) is 34.3 Å². The lowest BCUT2D eigenvalue weighted by Crippen LogP contribution is -2.30. The molecule has 93 heavy (non-hydrogen) atoms. The number of benzene rings is 2. The molecule has 4 aliphatic carbocycles. The number of carbonyl (C=O) groups excluding carboxylic acids is 4. The molecule has 1 amide bonds. The summed E-state index contributed by atoms with van der Waals surface area (Å²) in [6.45, 7) is 11.5. The first-order valence-electron chi connectivity index (χ1n) is 29.9. The zero-order valence-electron chi connectivity index (χ0n) is 51.6. The largest absolute Gasteiger partial charge is 0.477 e. The van der Waals surface area contributed by atoms with Crippen molar-refractivity contribution in [2.45, 2.75) is 105 Å². The fraction of sp³-hybridized carbons (Fsp3) is 0.290. The van der Waals surface area contributed by atoms with Crippen LogP contribution in [0.15, 0.2) is 95.2 Å². The molecule has 0 radical (unpaired) electrons. The third-order valence-electron chi connectivity index (χ3n) is 16.9. The number of fused-ring (bicyclic) bond motifs is 3. The molecule has 18 nitrogen and oxygen atoms in total. The summed E-state index contributed by atoms with van der Waals surface area (Å²) in [6.07, 6.45) is 7.81. The van der Waals surface area contributed by atoms with E-state index in [4.69, 9.17) is 15.8 Å². The van der Waals surface area contributed by atoms with Crippen molar-refractivity contribution < 1.29 is 53.6 Å². The minimum absolute atomic E-state index is 0.0429. The van der Waals surface area contributed by atoms with E-state index in [1.165, 1.54) is 101 Å². The van der Waals surface area contributed by atoms with Gasteiger partial charge in [0.15, 0.2) is 17.3 Å². The smallest absolute Gasteiger partial charge is 0.407 e. The summed E-state index contributed by atoms with van der Waals surface area (Å²) in [5.41, 5.74) is 34.6. The highest BCUT2D eigenvalue weighted by atomic mass is 32.1. The molecule has 8 aromatic rings. The van der Waals surface area contributed by atoms with E-state index >= 15 is 0 Å². The maximum atomic E-state index is 13.1. The topological polar surface area (TPSA) is 299 Å². The van der Waals surface area contributed by atoms with Crippen LogP contribution >= 0.6 is 68.0 Å². The number of aryl methyl sites for hydroxylation is 6. The van der Waals surface area contributed by atoms with Gasteiger partial charge in [-0.1, -0.05) is 58.8 Å². The Bertz CT molecular complexity index is 4360. The van der Waals surface area contributed by atoms with Gasteiger partial charge in [0, 0.05) is 45.0 Å². The second kappa shape index (κ2) is 29.4. The Morgan fingerprint density at radius 3 is 1.01 bits per heavy atom. The number of carboxylic acids is 3. The van der Waals surface area contributed by atoms with Gasteiger partial charge in [0.1, 0.15) is 21.2 Å². The molecule has 2 aromatic carbocycles. The summed E-state index contributed by atoms with van der Waals surface area (Å²) in [5.74, 6) is -3.28. The Kier molecular flexibility index (Phi) is 21.2. The quantitative estimate of drug-likeness (QED) is 0.0241. The van der Waals surface area contributed by atoms with Crippen molar-refractivity contribution >= 4 is 143 Å². The number of ketones is 3. The molecule has 4 N–H and O–H groups in total. The van der Waals surface area contributed by atoms with Gasteiger partial charge in [-0.3, -0.25) is 14.4 Å². The van der Waals surface area contributed by atoms with Gasteiger partial charge < -0.3 is 25.4 Å². The van der Waals surface area contributed by atoms with Crippen LogP contribution in [0, 0.1) is 41.5 Å². The van der Waals surface area contributed by atoms with Crippen LogP contribution in [0.5, 0.6) is 0 Å². The Morgan fingerprint density at radius 2 is 0.720 bits per heavy atom. The third-order valence-corrected chi connectivity index (χ3v) is 23.2. The van der Waals surface area contributed by atoms with Crippen LogP contribution in [0.2, 0.25) is 0 Å². The number of ether oxygens (including phenoxy) is 1. The van der Waals surface area contributed by atoms with E-state index in [9.17, 15) is 48.9 Å². The molecule has 6 aromatic heterocycles. The van der Waals surface area contributed by atoms with Crippen LogP contribution in [0.25, 0.3) is 65.5 Å². The molecule has 0 saturated heterocycles. The van der Waals surface area contributed by atoms with Crippen LogP contribution < -0.4 is 5.32 Å². The number of thiophene rings is 6. The first-order chi connectivity index (χ1) is 44.6. The molecule has 24 heteroatoms. The zero-order valence-corrected chi connectivity index (χ0v) is 56.5. The van der Waals surface area contributed by atoms with E-state index in [-0.39, 0.29) is 49.5 Å². The Morgan fingerprint density at radius 1 is 0.441 bits per heavy atom. The summed E-state index contributed by atoms with van der Waals surface area (Å²) in [5, 5.41) is 37.3. The van der Waals surface area contributed by atoms with Crippen molar-refractivity contribution in [3.63, 3.8) is 0 Å². The van der Waals surface area contributed by atoms with E-state index in [0.29, 0.717) is 29.3 Å². The lowest BCUT2D eigenvalue weighted by Gasteiger charge is -2.14. The number of allylic oxidation sites excluding steroid dienone is 6. The van der Waals surface area contributed by atoms with Crippen molar-refractivity contribution in [2.24, 2.45) is 10.2 Å². The number of rotatable bonds is 20. The van der Waals surface area contributed by atoms with Crippen LogP contribution in [0.3, 0.4) is 0 Å². The molecule has 0 bridgehead atoms. The fourth-order valence-corrected chi connectivity index (χ4v) is 18.3. The lowest BCUT2D eigenvalue weighted by molar-refractivity contribution is 0.0691. The first-order valence-corrected chi connectivity index (χ1v) is 34.8. The van der Waals surface area contributed by atoms with Gasteiger partial charge in [-0.05, 0) is 236 Å². The molecular weight excluding hydrogens is 1300 g/mol. The lowest BCUT2D eigenvalue weighted by atomic mass is 9.97. The minimum atomic E-state index is -0.909. The second-order valence-electron chi connectivity index (χ2n) is 22.6. The highest BCUT2D eigenvalue weighted by Crippen LogP contribution is 2.49. The number of Topliss-reactive ketones (excluding diaryl/α,β-unsaturated/α-hetero) is 3. The van der Waals surface area contributed by atoms with Crippen LogP contribution in [-0.2, 0) is 4.74 Å². The molecule has 0 spiro atoms. The maximum absolute atomic E-state index is 13.1. The normalized spacial score (nSPS) is 14.0. The SMILES string of the molecule is Cc1sc(C(=O)O)cc1C1=C(c2cc(C(=O)CN=[N+]=[N-])sc2C)CCC1.Cc1sc(C(=O)O)cc1C1=C(c2cc(C(=O)CN=[N+]=[N-])sc2C)CCC1.Cc1sc(C(=O)O)cc1C1=C(c2cc(C(=O)CNC(=O)OCC3c4ccccc4-c4ccccc43)sc2C)CCC1. The highest BCUT2D eigenvalue weighted by Gasteiger charge is 2.31. The third kappa shape index (κ3) is 14.7. The molecule has 0 aliphatic heterocycles.